The van der Waals surface area contributed by atoms with Gasteiger partial charge in [0.25, 0.3) is 0 Å². The maximum atomic E-state index is 12.7. The molecule has 3 unspecified atom stereocenters. The minimum absolute atomic E-state index is 0.0804. The van der Waals surface area contributed by atoms with Crippen LogP contribution in [0.15, 0.2) is 0 Å². The molecule has 4 aliphatic rings. The molecule has 0 spiro atoms. The molecule has 4 heteroatoms. The quantitative estimate of drug-likeness (QED) is 0.807. The minimum atomic E-state index is -0.187. The summed E-state index contributed by atoms with van der Waals surface area (Å²) in [5, 5.41) is 3.13. The summed E-state index contributed by atoms with van der Waals surface area (Å²) < 4.78 is 5.10. The van der Waals surface area contributed by atoms with Gasteiger partial charge in [0.15, 0.2) is 0 Å². The Kier molecular flexibility index (Phi) is 3.33. The number of halogens is 1. The molecule has 0 radical (unpaired) electrons. The van der Waals surface area contributed by atoms with Gasteiger partial charge in [0.05, 0.1) is 12.0 Å². The van der Waals surface area contributed by atoms with E-state index in [-0.39, 0.29) is 22.2 Å². The summed E-state index contributed by atoms with van der Waals surface area (Å²) in [6.45, 7) is 2.57. The summed E-state index contributed by atoms with van der Waals surface area (Å²) in [6.07, 6.45) is 6.49. The van der Waals surface area contributed by atoms with Gasteiger partial charge < -0.3 is 10.1 Å². The highest BCUT2D eigenvalue weighted by Crippen LogP contribution is 2.63. The van der Waals surface area contributed by atoms with Crippen LogP contribution in [0.3, 0.4) is 0 Å². The predicted octanol–water partition coefficient (Wildman–Crippen LogP) is 2.72. The van der Waals surface area contributed by atoms with E-state index in [0.29, 0.717) is 18.4 Å². The van der Waals surface area contributed by atoms with Crippen molar-refractivity contribution in [3.05, 3.63) is 0 Å². The zero-order valence-electron chi connectivity index (χ0n) is 11.9. The van der Waals surface area contributed by atoms with Crippen molar-refractivity contribution < 1.29 is 9.53 Å². The molecule has 3 atom stereocenters. The maximum absolute atomic E-state index is 12.7. The Labute approximate surface area is 120 Å². The highest BCUT2D eigenvalue weighted by atomic mass is 35.5. The number of rotatable bonds is 4. The predicted molar refractivity (Wildman–Crippen MR) is 75.2 cm³/mol. The molecular formula is C15H24ClNO2. The van der Waals surface area contributed by atoms with Crippen LogP contribution in [-0.2, 0) is 9.53 Å². The van der Waals surface area contributed by atoms with Crippen molar-refractivity contribution >= 4 is 17.5 Å². The van der Waals surface area contributed by atoms with Crippen LogP contribution >= 0.6 is 11.6 Å². The van der Waals surface area contributed by atoms with E-state index in [2.05, 4.69) is 5.32 Å². The molecule has 0 saturated heterocycles. The normalized spacial score (nSPS) is 45.2. The summed E-state index contributed by atoms with van der Waals surface area (Å²) in [5.74, 6) is 1.56. The average Bonchev–Trinajstić information content (AvgIpc) is 2.25. The Balaban J connectivity index is 1.74. The lowest BCUT2D eigenvalue weighted by Crippen LogP contribution is -2.59. The molecule has 0 aliphatic heterocycles. The Bertz CT molecular complexity index is 370. The third-order valence-corrected chi connectivity index (χ3v) is 5.71. The molecule has 4 fully saturated rings. The van der Waals surface area contributed by atoms with E-state index in [4.69, 9.17) is 16.3 Å². The van der Waals surface area contributed by atoms with Crippen molar-refractivity contribution in [3.8, 4) is 0 Å². The smallest absolute Gasteiger partial charge is 0.226 e. The van der Waals surface area contributed by atoms with Gasteiger partial charge in [0, 0.05) is 18.0 Å². The second kappa shape index (κ2) is 4.63. The van der Waals surface area contributed by atoms with Crippen LogP contribution in [0.25, 0.3) is 0 Å². The molecular weight excluding hydrogens is 262 g/mol. The number of hydrogen-bond donors (Lipinski definition) is 1. The number of nitrogens with one attached hydrogen (secondary N) is 1. The molecule has 0 heterocycles. The first kappa shape index (κ1) is 13.7. The largest absolute Gasteiger partial charge is 0.383 e. The van der Waals surface area contributed by atoms with Gasteiger partial charge in [0.1, 0.15) is 0 Å². The van der Waals surface area contributed by atoms with Crippen molar-refractivity contribution in [3.63, 3.8) is 0 Å². The lowest BCUT2D eigenvalue weighted by molar-refractivity contribution is -0.145. The molecule has 4 bridgehead atoms. The van der Waals surface area contributed by atoms with E-state index in [9.17, 15) is 4.79 Å². The average molecular weight is 286 g/mol. The standard InChI is InChI=1S/C15H24ClNO2/c1-10(8-19-2)17-13(18)14-4-11-3-12(5-14)7-15(16,6-11)9-14/h10-12H,3-9H2,1-2H3,(H,17,18). The van der Waals surface area contributed by atoms with Crippen LogP contribution in [0, 0.1) is 17.3 Å². The highest BCUT2D eigenvalue weighted by molar-refractivity contribution is 6.24. The molecule has 0 aromatic carbocycles. The van der Waals surface area contributed by atoms with E-state index < -0.39 is 0 Å². The van der Waals surface area contributed by atoms with Crippen LogP contribution in [0.5, 0.6) is 0 Å². The van der Waals surface area contributed by atoms with Gasteiger partial charge in [-0.05, 0) is 57.3 Å². The fraction of sp³-hybridized carbons (Fsp3) is 0.933. The van der Waals surface area contributed by atoms with Crippen molar-refractivity contribution in [2.45, 2.75) is 56.4 Å². The zero-order valence-corrected chi connectivity index (χ0v) is 12.6. The molecule has 4 aliphatic carbocycles. The van der Waals surface area contributed by atoms with Crippen LogP contribution < -0.4 is 5.32 Å². The summed E-state index contributed by atoms with van der Waals surface area (Å²) in [6, 6.07) is 0.0804. The van der Waals surface area contributed by atoms with Gasteiger partial charge >= 0.3 is 0 Å². The Morgan fingerprint density at radius 2 is 2.00 bits per heavy atom. The minimum Gasteiger partial charge on any atom is -0.383 e. The van der Waals surface area contributed by atoms with Crippen LogP contribution in [-0.4, -0.2) is 30.5 Å². The van der Waals surface area contributed by atoms with Gasteiger partial charge in [-0.15, -0.1) is 11.6 Å². The first-order chi connectivity index (χ1) is 8.95. The molecule has 0 aromatic heterocycles. The monoisotopic (exact) mass is 285 g/mol. The first-order valence-corrected chi connectivity index (χ1v) is 7.81. The van der Waals surface area contributed by atoms with Crippen LogP contribution in [0.4, 0.5) is 0 Å². The van der Waals surface area contributed by atoms with E-state index >= 15 is 0 Å². The number of ether oxygens (including phenoxy) is 1. The van der Waals surface area contributed by atoms with Gasteiger partial charge in [-0.25, -0.2) is 0 Å². The van der Waals surface area contributed by atoms with Gasteiger partial charge in [-0.1, -0.05) is 0 Å². The fourth-order valence-electron chi connectivity index (χ4n) is 5.08. The van der Waals surface area contributed by atoms with Crippen molar-refractivity contribution in [1.29, 1.82) is 0 Å². The third kappa shape index (κ3) is 2.40. The van der Waals surface area contributed by atoms with Crippen molar-refractivity contribution in [1.82, 2.24) is 5.32 Å². The van der Waals surface area contributed by atoms with E-state index in [1.54, 1.807) is 7.11 Å². The Morgan fingerprint density at radius 1 is 1.37 bits per heavy atom. The molecule has 1 amide bonds. The molecule has 4 rings (SSSR count). The summed E-state index contributed by atoms with van der Waals surface area (Å²) in [7, 11) is 1.67. The highest BCUT2D eigenvalue weighted by Gasteiger charge is 2.60. The van der Waals surface area contributed by atoms with Gasteiger partial charge in [-0.3, -0.25) is 4.79 Å². The number of amides is 1. The van der Waals surface area contributed by atoms with E-state index in [1.165, 1.54) is 6.42 Å². The number of carbonyl (C=O) groups is 1. The molecule has 19 heavy (non-hydrogen) atoms. The lowest BCUT2D eigenvalue weighted by Gasteiger charge is -2.59. The zero-order chi connectivity index (χ0) is 13.7. The number of methoxy groups -OCH3 is 1. The van der Waals surface area contributed by atoms with Crippen molar-refractivity contribution in [2.24, 2.45) is 17.3 Å². The Morgan fingerprint density at radius 3 is 2.53 bits per heavy atom. The maximum Gasteiger partial charge on any atom is 0.226 e. The Hall–Kier alpha value is -0.280. The molecule has 3 nitrogen and oxygen atoms in total. The first-order valence-electron chi connectivity index (χ1n) is 7.44. The number of hydrogen-bond acceptors (Lipinski definition) is 2. The van der Waals surface area contributed by atoms with Crippen LogP contribution in [0.2, 0.25) is 0 Å². The summed E-state index contributed by atoms with van der Waals surface area (Å²) in [5.41, 5.74) is -0.187. The lowest BCUT2D eigenvalue weighted by atomic mass is 9.49. The van der Waals surface area contributed by atoms with Crippen molar-refractivity contribution in [2.75, 3.05) is 13.7 Å². The van der Waals surface area contributed by atoms with E-state index in [1.807, 2.05) is 6.92 Å². The summed E-state index contributed by atoms with van der Waals surface area (Å²) >= 11 is 6.76. The molecule has 1 N–H and O–H groups in total. The fourth-order valence-corrected chi connectivity index (χ4v) is 5.78. The topological polar surface area (TPSA) is 38.3 Å². The van der Waals surface area contributed by atoms with E-state index in [0.717, 1.165) is 32.1 Å². The molecule has 0 aromatic rings. The second-order valence-electron chi connectivity index (χ2n) is 7.22. The second-order valence-corrected chi connectivity index (χ2v) is 8.02. The van der Waals surface area contributed by atoms with Crippen LogP contribution in [0.1, 0.15) is 45.4 Å². The molecule has 4 saturated carbocycles. The van der Waals surface area contributed by atoms with Gasteiger partial charge in [0.2, 0.25) is 5.91 Å². The SMILES string of the molecule is COCC(C)NC(=O)C12CC3CC(CC(Cl)(C3)C1)C2. The summed E-state index contributed by atoms with van der Waals surface area (Å²) in [4.78, 5) is 12.6. The van der Waals surface area contributed by atoms with Gasteiger partial charge in [-0.2, -0.15) is 0 Å². The molecule has 108 valence electrons. The number of alkyl halides is 1. The number of carbonyl (C=O) groups excluding carboxylic acids is 1. The third-order valence-electron chi connectivity index (χ3n) is 5.27.